The minimum Gasteiger partial charge on any atom is -0.508 e. The van der Waals surface area contributed by atoms with E-state index in [9.17, 15) is 108 Å². The number of amides is 13. The van der Waals surface area contributed by atoms with Gasteiger partial charge in [0.25, 0.3) is 0 Å². The molecule has 0 bridgehead atoms. The van der Waals surface area contributed by atoms with E-state index in [0.29, 0.717) is 23.3 Å². The molecule has 0 aliphatic carbocycles. The van der Waals surface area contributed by atoms with Crippen LogP contribution in [0.15, 0.2) is 24.3 Å². The molecule has 1 aromatic rings. The molecule has 0 saturated carbocycles. The van der Waals surface area contributed by atoms with Gasteiger partial charge in [0.1, 0.15) is 78.3 Å². The molecular formula is C74H119N15O23. The van der Waals surface area contributed by atoms with Crippen LogP contribution in [0.1, 0.15) is 183 Å². The summed E-state index contributed by atoms with van der Waals surface area (Å²) < 4.78 is 6.02. The Labute approximate surface area is 651 Å². The topological polar surface area (TPSA) is 599 Å². The quantitative estimate of drug-likeness (QED) is 0.0276. The molecule has 1 aromatic carbocycles. The van der Waals surface area contributed by atoms with Gasteiger partial charge in [0.05, 0.1) is 68.2 Å². The number of benzene rings is 1. The molecule has 0 aromatic heterocycles. The number of hydrogen-bond donors (Lipinski definition) is 20. The van der Waals surface area contributed by atoms with Crippen molar-refractivity contribution >= 4 is 82.8 Å². The van der Waals surface area contributed by atoms with Gasteiger partial charge in [-0.2, -0.15) is 5.26 Å². The first kappa shape index (κ1) is 95.1. The van der Waals surface area contributed by atoms with Crippen LogP contribution in [0.4, 0.5) is 0 Å². The van der Waals surface area contributed by atoms with E-state index in [-0.39, 0.29) is 57.4 Å². The van der Waals surface area contributed by atoms with E-state index in [4.69, 9.17) is 15.7 Å². The second-order valence-corrected chi connectivity index (χ2v) is 29.5. The molecule has 0 spiro atoms. The number of cyclic esters (lactones) is 1. The summed E-state index contributed by atoms with van der Waals surface area (Å²) >= 11 is 0. The number of aliphatic hydroxyl groups excluding tert-OH is 7. The van der Waals surface area contributed by atoms with E-state index in [1.807, 2.05) is 6.07 Å². The van der Waals surface area contributed by atoms with E-state index >= 15 is 0 Å². The van der Waals surface area contributed by atoms with Crippen LogP contribution in [0.2, 0.25) is 0 Å². The highest BCUT2D eigenvalue weighted by Crippen LogP contribution is 2.25. The van der Waals surface area contributed by atoms with Gasteiger partial charge in [-0.25, -0.2) is 4.79 Å². The maximum atomic E-state index is 14.8. The minimum absolute atomic E-state index is 0.0542. The number of esters is 1. The third kappa shape index (κ3) is 31.0. The summed E-state index contributed by atoms with van der Waals surface area (Å²) in [4.78, 5) is 200. The zero-order valence-electron chi connectivity index (χ0n) is 65.2. The molecule has 38 heteroatoms. The summed E-state index contributed by atoms with van der Waals surface area (Å²) in [6.07, 6.45) is -6.04. The number of primary amides is 1. The second-order valence-electron chi connectivity index (χ2n) is 29.5. The number of fused-ring (bicyclic) bond motifs is 2. The molecule has 2 unspecified atom stereocenters. The van der Waals surface area contributed by atoms with E-state index in [1.165, 1.54) is 52.0 Å². The van der Waals surface area contributed by atoms with Crippen LogP contribution < -0.4 is 64.2 Å². The number of rotatable bonds is 28. The van der Waals surface area contributed by atoms with Crippen LogP contribution in [0.5, 0.6) is 5.75 Å². The van der Waals surface area contributed by atoms with Crippen molar-refractivity contribution in [1.82, 2.24) is 68.3 Å². The smallest absolute Gasteiger partial charge is 0.328 e. The highest BCUT2D eigenvalue weighted by molar-refractivity contribution is 6.00. The molecule has 4 rings (SSSR count). The molecule has 3 fully saturated rings. The molecule has 3 aliphatic heterocycles. The number of nitriles is 1. The van der Waals surface area contributed by atoms with Crippen molar-refractivity contribution in [2.24, 2.45) is 11.7 Å². The number of carbonyl (C=O) groups is 14. The van der Waals surface area contributed by atoms with E-state index in [2.05, 4.69) is 65.4 Å². The van der Waals surface area contributed by atoms with Gasteiger partial charge in [-0.1, -0.05) is 97.1 Å². The van der Waals surface area contributed by atoms with Crippen LogP contribution in [0.3, 0.4) is 0 Å². The number of hydrogen-bond acceptors (Lipinski definition) is 25. The number of nitrogens with zero attached hydrogens (tertiary/aromatic N) is 3. The van der Waals surface area contributed by atoms with Gasteiger partial charge >= 0.3 is 5.97 Å². The lowest BCUT2D eigenvalue weighted by Crippen LogP contribution is -2.64. The number of phenolic OH excluding ortho intramolecular Hbond substituents is 1. The van der Waals surface area contributed by atoms with Crippen molar-refractivity contribution in [2.45, 2.75) is 299 Å². The minimum atomic E-state index is -2.23. The number of aliphatic hydroxyl groups is 7. The van der Waals surface area contributed by atoms with E-state index in [1.54, 1.807) is 0 Å². The molecular weight excluding hydrogens is 1470 g/mol. The number of nitrogens with two attached hydrogens (primary N) is 1. The largest absolute Gasteiger partial charge is 0.508 e. The Balaban J connectivity index is 1.82. The van der Waals surface area contributed by atoms with Gasteiger partial charge in [0.15, 0.2) is 0 Å². The number of carbonyl (C=O) groups excluding carboxylic acids is 14. The van der Waals surface area contributed by atoms with Crippen LogP contribution in [0.25, 0.3) is 0 Å². The molecule has 38 nitrogen and oxygen atoms in total. The first-order valence-electron chi connectivity index (χ1n) is 38.6. The van der Waals surface area contributed by atoms with Gasteiger partial charge in [-0.3, -0.25) is 62.3 Å². The van der Waals surface area contributed by atoms with E-state index < -0.39 is 243 Å². The Morgan fingerprint density at radius 1 is 0.580 bits per heavy atom. The number of nitrogens with one attached hydrogen (secondary N) is 11. The zero-order valence-corrected chi connectivity index (χ0v) is 65.2. The van der Waals surface area contributed by atoms with Gasteiger partial charge in [0.2, 0.25) is 76.8 Å². The Morgan fingerprint density at radius 3 is 1.67 bits per heavy atom. The standard InChI is InChI=1S/C74H119N15O23/c1-9-10-11-12-13-14-15-16-17-18-19-22-48-35-55(99)82-58(41(5)90)68(105)79-40(4)64(101)81-50(33-45-24-26-46(94)27-25-45)65(102)84-57(39(2)3)72(109)89-38-47(95)34-51(89)66(103)85-60(43(7)92)70(107)86-61(44(8)93)73(110)88-32-28-52(96)63(88)71(108)87-62(53(97)36-54(76)98)67(104)78-37-56(100)83-59(42(6)91)69(106)80-49(74(111)112-48)23-20-30-77-31-21-29-75/h24-27,39-44,47-53,57-63,77,90-97H,9-23,28,30-38H2,1-8H3,(H2,76,98)(H,78,104)(H,79,105)(H,80,106)(H,81,101)(H,82,99)(H,83,100)(H,84,102)(H,85,103)(H,86,107)(H,87,108)/t40-,41-,42-,43-,44-,47-,48-,49+,50+,51+,52+,53?,57+,58-,59+,60-,61+,62?,63+/m1/s1. The lowest BCUT2D eigenvalue weighted by Gasteiger charge is -2.34. The fourth-order valence-corrected chi connectivity index (χ4v) is 13.1. The number of phenols is 1. The van der Waals surface area contributed by atoms with Crippen molar-refractivity contribution in [3.63, 3.8) is 0 Å². The fourth-order valence-electron chi connectivity index (χ4n) is 13.1. The van der Waals surface area contributed by atoms with Crippen molar-refractivity contribution in [3.8, 4) is 11.8 Å². The van der Waals surface area contributed by atoms with Gasteiger partial charge in [0, 0.05) is 38.9 Å². The summed E-state index contributed by atoms with van der Waals surface area (Å²) in [6, 6.07) is -12.5. The van der Waals surface area contributed by atoms with Crippen molar-refractivity contribution in [1.29, 1.82) is 5.26 Å². The molecule has 0 radical (unpaired) electrons. The van der Waals surface area contributed by atoms with Crippen LogP contribution in [-0.4, -0.2) is 281 Å². The summed E-state index contributed by atoms with van der Waals surface area (Å²) in [5, 5.41) is 123. The van der Waals surface area contributed by atoms with Gasteiger partial charge in [-0.05, 0) is 96.9 Å². The number of unbranched alkanes of at least 4 members (excludes halogenated alkanes) is 10. The molecule has 628 valence electrons. The first-order chi connectivity index (χ1) is 52.9. The van der Waals surface area contributed by atoms with Gasteiger partial charge < -0.3 is 120 Å². The summed E-state index contributed by atoms with van der Waals surface area (Å²) in [7, 11) is 0. The van der Waals surface area contributed by atoms with Crippen LogP contribution in [-0.2, 0) is 78.3 Å². The third-order valence-corrected chi connectivity index (χ3v) is 19.5. The summed E-state index contributed by atoms with van der Waals surface area (Å²) in [6.45, 7) is 9.11. The highest BCUT2D eigenvalue weighted by atomic mass is 16.5. The van der Waals surface area contributed by atoms with E-state index in [0.717, 1.165) is 83.5 Å². The zero-order chi connectivity index (χ0) is 83.6. The molecule has 3 aliphatic rings. The first-order valence-corrected chi connectivity index (χ1v) is 38.6. The summed E-state index contributed by atoms with van der Waals surface area (Å²) in [5.74, 6) is -17.2. The molecule has 19 atom stereocenters. The highest BCUT2D eigenvalue weighted by Gasteiger charge is 2.48. The Hall–Kier alpha value is -9.23. The number of ether oxygens (including phenoxy) is 1. The normalized spacial score (nSPS) is 27.5. The average molecular weight is 1590 g/mol. The number of aromatic hydroxyl groups is 1. The fraction of sp³-hybridized carbons (Fsp3) is 0.716. The van der Waals surface area contributed by atoms with Crippen LogP contribution in [0, 0.1) is 17.2 Å². The third-order valence-electron chi connectivity index (χ3n) is 19.5. The predicted octanol–water partition coefficient (Wildman–Crippen LogP) is -4.93. The monoisotopic (exact) mass is 1590 g/mol. The molecule has 112 heavy (non-hydrogen) atoms. The SMILES string of the molecule is CCCCCCCCCCCCC[C@@H]1CC(=O)N[C@H]([C@@H](C)O)C(=O)N[C@H](C)C(=O)N[C@@H](Cc2ccc(O)cc2)C(=O)N[C@@H](C(C)C)C(=O)N2C[C@H](O)C[C@H]2C(=O)N[C@H]([C@@H](C)O)C(=O)N[C@@H]([C@@H](C)O)C(=O)N2CC[C@H](O)[C@H]2C(=O)NC(C(O)CC(N)=O)C(=O)NCC(=O)N[C@@H]([C@@H](C)O)C(=O)N[C@@H](CCCNCCC#N)C(=O)O1. The molecule has 3 heterocycles. The Bertz CT molecular complexity index is 3360. The maximum Gasteiger partial charge on any atom is 0.328 e. The Morgan fingerprint density at radius 2 is 1.10 bits per heavy atom. The average Bonchev–Trinajstić information content (AvgIpc) is 1.63. The Kier molecular flexibility index (Phi) is 40.8. The van der Waals surface area contributed by atoms with Crippen molar-refractivity contribution in [2.75, 3.05) is 32.7 Å². The van der Waals surface area contributed by atoms with Crippen LogP contribution >= 0.6 is 0 Å². The molecule has 21 N–H and O–H groups in total. The maximum absolute atomic E-state index is 14.8. The molecule has 3 saturated heterocycles. The lowest BCUT2D eigenvalue weighted by molar-refractivity contribution is -0.155. The summed E-state index contributed by atoms with van der Waals surface area (Å²) in [5.41, 5.74) is 5.71. The van der Waals surface area contributed by atoms with Gasteiger partial charge in [-0.15, -0.1) is 0 Å². The second kappa shape index (κ2) is 48.0. The molecule has 13 amide bonds. The predicted molar refractivity (Wildman–Crippen MR) is 399 cm³/mol. The lowest BCUT2D eigenvalue weighted by atomic mass is 9.99. The van der Waals surface area contributed by atoms with Crippen molar-refractivity contribution in [3.05, 3.63) is 29.8 Å². The van der Waals surface area contributed by atoms with Crippen molar-refractivity contribution < 1.29 is 113 Å².